The smallest absolute Gasteiger partial charge is 0.319 e. The minimum Gasteiger partial charge on any atom is -0.336 e. The quantitative estimate of drug-likeness (QED) is 0.756. The maximum absolute atomic E-state index is 11.9. The van der Waals surface area contributed by atoms with Crippen molar-refractivity contribution in [1.29, 1.82) is 0 Å². The van der Waals surface area contributed by atoms with Crippen molar-refractivity contribution in [2.75, 3.05) is 45.6 Å². The van der Waals surface area contributed by atoms with E-state index in [9.17, 15) is 4.79 Å². The van der Waals surface area contributed by atoms with Gasteiger partial charge in [0.1, 0.15) is 0 Å². The summed E-state index contributed by atoms with van der Waals surface area (Å²) in [4.78, 5) is 16.5. The van der Waals surface area contributed by atoms with Crippen LogP contribution in [0.15, 0.2) is 24.3 Å². The SMILES string of the molecule is CN1CCN(C)[C@@H](CNC(=O)Nc2ccc(CN)cc2)C1. The van der Waals surface area contributed by atoms with Crippen molar-refractivity contribution in [2.24, 2.45) is 5.73 Å². The number of benzene rings is 1. The summed E-state index contributed by atoms with van der Waals surface area (Å²) in [5, 5.41) is 5.77. The molecule has 4 N–H and O–H groups in total. The van der Waals surface area contributed by atoms with E-state index < -0.39 is 0 Å². The molecule has 0 aromatic heterocycles. The van der Waals surface area contributed by atoms with Gasteiger partial charge in [0.15, 0.2) is 0 Å². The molecule has 2 amide bonds. The molecule has 0 aliphatic carbocycles. The summed E-state index contributed by atoms with van der Waals surface area (Å²) in [7, 11) is 4.21. The van der Waals surface area contributed by atoms with Gasteiger partial charge in [-0.05, 0) is 31.8 Å². The van der Waals surface area contributed by atoms with Gasteiger partial charge >= 0.3 is 6.03 Å². The third-order valence-electron chi connectivity index (χ3n) is 3.93. The normalized spacial score (nSPS) is 20.2. The molecule has 0 unspecified atom stereocenters. The van der Waals surface area contributed by atoms with Gasteiger partial charge in [-0.1, -0.05) is 12.1 Å². The maximum Gasteiger partial charge on any atom is 0.319 e. The first-order valence-corrected chi connectivity index (χ1v) is 7.31. The number of hydrogen-bond donors (Lipinski definition) is 3. The minimum absolute atomic E-state index is 0.169. The van der Waals surface area contributed by atoms with Gasteiger partial charge in [-0.15, -0.1) is 0 Å². The molecule has 0 bridgehead atoms. The largest absolute Gasteiger partial charge is 0.336 e. The molecule has 1 atom stereocenters. The highest BCUT2D eigenvalue weighted by Crippen LogP contribution is 2.09. The van der Waals surface area contributed by atoms with Crippen LogP contribution in [0.1, 0.15) is 5.56 Å². The fourth-order valence-corrected chi connectivity index (χ4v) is 2.43. The second-order valence-corrected chi connectivity index (χ2v) is 5.63. The second-order valence-electron chi connectivity index (χ2n) is 5.63. The summed E-state index contributed by atoms with van der Waals surface area (Å²) in [6.45, 7) is 4.24. The third kappa shape index (κ3) is 4.70. The van der Waals surface area contributed by atoms with Crippen LogP contribution in [0.2, 0.25) is 0 Å². The number of hydrogen-bond acceptors (Lipinski definition) is 4. The molecule has 1 heterocycles. The van der Waals surface area contributed by atoms with Crippen LogP contribution >= 0.6 is 0 Å². The van der Waals surface area contributed by atoms with E-state index in [1.807, 2.05) is 24.3 Å². The van der Waals surface area contributed by atoms with Gasteiger partial charge in [0.05, 0.1) is 0 Å². The molecule has 0 spiro atoms. The predicted molar refractivity (Wildman–Crippen MR) is 85.3 cm³/mol. The molecule has 1 aliphatic rings. The average molecular weight is 291 g/mol. The van der Waals surface area contributed by atoms with Crippen molar-refractivity contribution in [1.82, 2.24) is 15.1 Å². The Labute approximate surface area is 126 Å². The number of rotatable bonds is 4. The molecule has 1 aromatic rings. The van der Waals surface area contributed by atoms with Gasteiger partial charge in [-0.3, -0.25) is 4.90 Å². The number of urea groups is 1. The van der Waals surface area contributed by atoms with Crippen molar-refractivity contribution in [2.45, 2.75) is 12.6 Å². The Morgan fingerprint density at radius 2 is 2.00 bits per heavy atom. The molecule has 116 valence electrons. The summed E-state index contributed by atoms with van der Waals surface area (Å²) < 4.78 is 0. The molecule has 2 rings (SSSR count). The molecular formula is C15H25N5O. The van der Waals surface area contributed by atoms with E-state index in [2.05, 4.69) is 34.5 Å². The summed E-state index contributed by atoms with van der Waals surface area (Å²) in [6, 6.07) is 7.75. The second kappa shape index (κ2) is 7.40. The average Bonchev–Trinajstić information content (AvgIpc) is 2.49. The number of piperazine rings is 1. The molecule has 6 nitrogen and oxygen atoms in total. The number of nitrogens with two attached hydrogens (primary N) is 1. The fourth-order valence-electron chi connectivity index (χ4n) is 2.43. The molecule has 1 saturated heterocycles. The van der Waals surface area contributed by atoms with Crippen LogP contribution in [0.4, 0.5) is 10.5 Å². The zero-order chi connectivity index (χ0) is 15.2. The van der Waals surface area contributed by atoms with Crippen LogP contribution in [-0.2, 0) is 6.54 Å². The lowest BCUT2D eigenvalue weighted by atomic mass is 10.2. The van der Waals surface area contributed by atoms with E-state index >= 15 is 0 Å². The van der Waals surface area contributed by atoms with Gasteiger partial charge in [-0.25, -0.2) is 4.79 Å². The topological polar surface area (TPSA) is 73.6 Å². The number of anilines is 1. The lowest BCUT2D eigenvalue weighted by Crippen LogP contribution is -2.54. The molecular weight excluding hydrogens is 266 g/mol. The van der Waals surface area contributed by atoms with Crippen molar-refractivity contribution in [3.63, 3.8) is 0 Å². The van der Waals surface area contributed by atoms with E-state index in [-0.39, 0.29) is 6.03 Å². The van der Waals surface area contributed by atoms with Crippen LogP contribution in [-0.4, -0.2) is 62.1 Å². The highest BCUT2D eigenvalue weighted by atomic mass is 16.2. The van der Waals surface area contributed by atoms with Crippen LogP contribution in [0.3, 0.4) is 0 Å². The van der Waals surface area contributed by atoms with Gasteiger partial charge in [0.2, 0.25) is 0 Å². The zero-order valence-corrected chi connectivity index (χ0v) is 12.8. The number of likely N-dealkylation sites (N-methyl/N-ethyl adjacent to an activating group) is 2. The number of carbonyl (C=O) groups excluding carboxylic acids is 1. The van der Waals surface area contributed by atoms with Gasteiger partial charge in [0, 0.05) is 44.5 Å². The first-order valence-electron chi connectivity index (χ1n) is 7.31. The Balaban J connectivity index is 1.78. The summed E-state index contributed by atoms with van der Waals surface area (Å²) >= 11 is 0. The molecule has 1 aromatic carbocycles. The third-order valence-corrected chi connectivity index (χ3v) is 3.93. The molecule has 21 heavy (non-hydrogen) atoms. The maximum atomic E-state index is 11.9. The lowest BCUT2D eigenvalue weighted by molar-refractivity contribution is 0.115. The van der Waals surface area contributed by atoms with Crippen molar-refractivity contribution in [3.05, 3.63) is 29.8 Å². The Kier molecular flexibility index (Phi) is 5.55. The number of amides is 2. The first-order chi connectivity index (χ1) is 10.1. The van der Waals surface area contributed by atoms with E-state index in [1.54, 1.807) is 0 Å². The molecule has 0 saturated carbocycles. The fraction of sp³-hybridized carbons (Fsp3) is 0.533. The highest BCUT2D eigenvalue weighted by Gasteiger charge is 2.22. The number of nitrogens with one attached hydrogen (secondary N) is 2. The monoisotopic (exact) mass is 291 g/mol. The highest BCUT2D eigenvalue weighted by molar-refractivity contribution is 5.89. The van der Waals surface area contributed by atoms with Crippen LogP contribution < -0.4 is 16.4 Å². The molecule has 1 aliphatic heterocycles. The predicted octanol–water partition coefficient (Wildman–Crippen LogP) is 0.513. The summed E-state index contributed by atoms with van der Waals surface area (Å²) in [5.74, 6) is 0. The van der Waals surface area contributed by atoms with E-state index in [0.29, 0.717) is 19.1 Å². The zero-order valence-electron chi connectivity index (χ0n) is 12.8. The summed E-state index contributed by atoms with van der Waals surface area (Å²) in [5.41, 5.74) is 7.37. The number of carbonyl (C=O) groups is 1. The lowest BCUT2D eigenvalue weighted by Gasteiger charge is -2.37. The van der Waals surface area contributed by atoms with Crippen LogP contribution in [0.5, 0.6) is 0 Å². The van der Waals surface area contributed by atoms with E-state index in [1.165, 1.54) is 0 Å². The van der Waals surface area contributed by atoms with E-state index in [4.69, 9.17) is 5.73 Å². The Morgan fingerprint density at radius 3 is 2.67 bits per heavy atom. The Hall–Kier alpha value is -1.63. The van der Waals surface area contributed by atoms with Gasteiger partial charge in [0.25, 0.3) is 0 Å². The molecule has 6 heteroatoms. The van der Waals surface area contributed by atoms with Crippen LogP contribution in [0.25, 0.3) is 0 Å². The molecule has 1 fully saturated rings. The van der Waals surface area contributed by atoms with E-state index in [0.717, 1.165) is 30.9 Å². The van der Waals surface area contributed by atoms with Crippen molar-refractivity contribution < 1.29 is 4.79 Å². The summed E-state index contributed by atoms with van der Waals surface area (Å²) in [6.07, 6.45) is 0. The minimum atomic E-state index is -0.169. The Morgan fingerprint density at radius 1 is 1.29 bits per heavy atom. The standard InChI is InChI=1S/C15H25N5O/c1-19-7-8-20(2)14(11-19)10-17-15(21)18-13-5-3-12(9-16)4-6-13/h3-6,14H,7-11,16H2,1-2H3,(H2,17,18,21)/t14-/m0/s1. The van der Waals surface area contributed by atoms with Gasteiger partial charge in [-0.2, -0.15) is 0 Å². The van der Waals surface area contributed by atoms with Crippen molar-refractivity contribution >= 4 is 11.7 Å². The van der Waals surface area contributed by atoms with Gasteiger partial charge < -0.3 is 21.3 Å². The van der Waals surface area contributed by atoms with Crippen LogP contribution in [0, 0.1) is 0 Å². The molecule has 0 radical (unpaired) electrons. The first kappa shape index (κ1) is 15.8. The Bertz CT molecular complexity index is 462. The van der Waals surface area contributed by atoms with Crippen molar-refractivity contribution in [3.8, 4) is 0 Å². The number of nitrogens with zero attached hydrogens (tertiary/aromatic N) is 2.